The molecule has 5 rings (SSSR count). The van der Waals surface area contributed by atoms with E-state index in [2.05, 4.69) is 30.6 Å². The molecule has 0 amide bonds. The largest absolute Gasteiger partial charge is 0.381 e. The first-order chi connectivity index (χ1) is 16.9. The van der Waals surface area contributed by atoms with Crippen molar-refractivity contribution in [3.05, 3.63) is 89.7 Å². The quantitative estimate of drug-likeness (QED) is 0.342. The summed E-state index contributed by atoms with van der Waals surface area (Å²) >= 11 is 5.64. The molecular weight excluding hydrogens is 478 g/mol. The summed E-state index contributed by atoms with van der Waals surface area (Å²) in [6.45, 7) is 1.47. The summed E-state index contributed by atoms with van der Waals surface area (Å²) in [7, 11) is 0. The van der Waals surface area contributed by atoms with Gasteiger partial charge in [0.15, 0.2) is 6.33 Å². The molecular formula is C21H18F2N10OS. The molecule has 3 aromatic heterocycles. The van der Waals surface area contributed by atoms with Gasteiger partial charge in [-0.1, -0.05) is 6.07 Å². The summed E-state index contributed by atoms with van der Waals surface area (Å²) in [6.07, 6.45) is 5.52. The molecule has 178 valence electrons. The molecule has 0 spiro atoms. The van der Waals surface area contributed by atoms with Crippen LogP contribution >= 0.6 is 12.2 Å². The SMILES string of the molecule is C[C@@H](n1ncn(-c2ccc(-n3ncnn3)cc2)c1=S)[C@](O)(Cn1cncn1)c1ccc(F)cc1F. The maximum absolute atomic E-state index is 14.9. The molecule has 0 bridgehead atoms. The first-order valence-corrected chi connectivity index (χ1v) is 10.8. The van der Waals surface area contributed by atoms with Crippen LogP contribution in [-0.4, -0.2) is 54.4 Å². The third kappa shape index (κ3) is 4.13. The van der Waals surface area contributed by atoms with Crippen molar-refractivity contribution in [2.45, 2.75) is 25.1 Å². The first-order valence-electron chi connectivity index (χ1n) is 10.4. The van der Waals surface area contributed by atoms with Gasteiger partial charge in [-0.2, -0.15) is 10.2 Å². The molecule has 0 fully saturated rings. The van der Waals surface area contributed by atoms with Gasteiger partial charge >= 0.3 is 0 Å². The van der Waals surface area contributed by atoms with E-state index in [1.54, 1.807) is 35.8 Å². The Balaban J connectivity index is 1.53. The number of halogens is 2. The second-order valence-corrected chi connectivity index (χ2v) is 8.15. The molecule has 2 atom stereocenters. The van der Waals surface area contributed by atoms with E-state index in [-0.39, 0.29) is 16.9 Å². The molecule has 0 unspecified atom stereocenters. The van der Waals surface area contributed by atoms with E-state index in [4.69, 9.17) is 12.2 Å². The Morgan fingerprint density at radius 3 is 2.43 bits per heavy atom. The van der Waals surface area contributed by atoms with Gasteiger partial charge in [0.1, 0.15) is 36.2 Å². The van der Waals surface area contributed by atoms with E-state index in [1.165, 1.54) is 45.5 Å². The first kappa shape index (κ1) is 22.6. The van der Waals surface area contributed by atoms with Gasteiger partial charge in [0.2, 0.25) is 4.77 Å². The highest BCUT2D eigenvalue weighted by Gasteiger charge is 2.41. The molecule has 0 aliphatic rings. The van der Waals surface area contributed by atoms with Crippen LogP contribution in [0.3, 0.4) is 0 Å². The zero-order valence-electron chi connectivity index (χ0n) is 18.2. The summed E-state index contributed by atoms with van der Waals surface area (Å²) in [5.41, 5.74) is -0.619. The Bertz CT molecular complexity index is 1500. The molecule has 2 aromatic carbocycles. The van der Waals surface area contributed by atoms with Crippen LogP contribution in [0.1, 0.15) is 18.5 Å². The van der Waals surface area contributed by atoms with Crippen LogP contribution in [0.2, 0.25) is 0 Å². The molecule has 11 nitrogen and oxygen atoms in total. The third-order valence-electron chi connectivity index (χ3n) is 5.73. The molecule has 5 aromatic rings. The zero-order valence-corrected chi connectivity index (χ0v) is 19.0. The lowest BCUT2D eigenvalue weighted by molar-refractivity contribution is -0.0375. The molecule has 0 aliphatic heterocycles. The van der Waals surface area contributed by atoms with Crippen molar-refractivity contribution >= 4 is 12.2 Å². The number of rotatable bonds is 7. The van der Waals surface area contributed by atoms with Crippen molar-refractivity contribution in [2.24, 2.45) is 0 Å². The fraction of sp³-hybridized carbons (Fsp3) is 0.190. The number of aliphatic hydroxyl groups is 1. The van der Waals surface area contributed by atoms with Crippen molar-refractivity contribution in [1.29, 1.82) is 0 Å². The Labute approximate surface area is 201 Å². The van der Waals surface area contributed by atoms with E-state index < -0.39 is 23.3 Å². The molecule has 35 heavy (non-hydrogen) atoms. The predicted octanol–water partition coefficient (Wildman–Crippen LogP) is 2.40. The highest BCUT2D eigenvalue weighted by atomic mass is 32.1. The van der Waals surface area contributed by atoms with Crippen LogP contribution in [-0.2, 0) is 12.1 Å². The van der Waals surface area contributed by atoms with Gasteiger partial charge in [-0.05, 0) is 54.7 Å². The minimum absolute atomic E-state index is 0.122. The average Bonchev–Trinajstić information content (AvgIpc) is 3.61. The normalized spacial score (nSPS) is 14.1. The summed E-state index contributed by atoms with van der Waals surface area (Å²) in [6, 6.07) is 9.30. The monoisotopic (exact) mass is 496 g/mol. The number of hydrogen-bond acceptors (Lipinski definition) is 8. The van der Waals surface area contributed by atoms with Crippen molar-refractivity contribution in [2.75, 3.05) is 0 Å². The predicted molar refractivity (Wildman–Crippen MR) is 120 cm³/mol. The Morgan fingerprint density at radius 2 is 1.77 bits per heavy atom. The molecule has 0 saturated carbocycles. The molecule has 0 radical (unpaired) electrons. The van der Waals surface area contributed by atoms with E-state index >= 15 is 0 Å². The van der Waals surface area contributed by atoms with Gasteiger partial charge in [0, 0.05) is 17.3 Å². The Morgan fingerprint density at radius 1 is 1.00 bits per heavy atom. The molecule has 0 saturated heterocycles. The van der Waals surface area contributed by atoms with Crippen LogP contribution in [0.5, 0.6) is 0 Å². The van der Waals surface area contributed by atoms with E-state index in [0.29, 0.717) is 11.4 Å². The topological polar surface area (TPSA) is 117 Å². The van der Waals surface area contributed by atoms with E-state index in [1.807, 2.05) is 0 Å². The maximum atomic E-state index is 14.9. The second-order valence-electron chi connectivity index (χ2n) is 7.79. The Kier molecular flexibility index (Phi) is 5.74. The van der Waals surface area contributed by atoms with Gasteiger partial charge in [-0.25, -0.2) is 23.1 Å². The third-order valence-corrected chi connectivity index (χ3v) is 6.11. The maximum Gasteiger partial charge on any atom is 0.202 e. The summed E-state index contributed by atoms with van der Waals surface area (Å²) < 4.78 is 33.1. The number of benzene rings is 2. The second kappa shape index (κ2) is 8.88. The Hall–Kier alpha value is -4.17. The van der Waals surface area contributed by atoms with Crippen molar-refractivity contribution in [1.82, 2.24) is 49.3 Å². The van der Waals surface area contributed by atoms with Gasteiger partial charge in [0.05, 0.1) is 18.3 Å². The number of aromatic nitrogens is 10. The number of hydrogen-bond donors (Lipinski definition) is 1. The molecule has 1 N–H and O–H groups in total. The summed E-state index contributed by atoms with van der Waals surface area (Å²) in [5.74, 6) is -1.66. The summed E-state index contributed by atoms with van der Waals surface area (Å²) in [4.78, 5) is 5.25. The minimum Gasteiger partial charge on any atom is -0.381 e. The average molecular weight is 497 g/mol. The standard InChI is InChI=1S/C21H18F2N10OS/c1-14(21(34,9-30-12-24-10-26-30)18-7-2-15(22)8-19(18)23)32-20(35)31(13-28-32)16-3-5-17(6-4-16)33-27-11-25-29-33/h2-8,10-14,34H,9H2,1H3/t14-,21-/m1/s1. The number of nitrogens with zero attached hydrogens (tertiary/aromatic N) is 10. The van der Waals surface area contributed by atoms with Gasteiger partial charge < -0.3 is 5.11 Å². The lowest BCUT2D eigenvalue weighted by Crippen LogP contribution is -2.41. The van der Waals surface area contributed by atoms with E-state index in [0.717, 1.165) is 12.1 Å². The van der Waals surface area contributed by atoms with Crippen molar-refractivity contribution in [3.8, 4) is 11.4 Å². The van der Waals surface area contributed by atoms with Crippen LogP contribution in [0.25, 0.3) is 11.4 Å². The van der Waals surface area contributed by atoms with E-state index in [9.17, 15) is 13.9 Å². The fourth-order valence-electron chi connectivity index (χ4n) is 3.84. The highest BCUT2D eigenvalue weighted by Crippen LogP contribution is 2.36. The zero-order chi connectivity index (χ0) is 24.6. The fourth-order valence-corrected chi connectivity index (χ4v) is 4.20. The summed E-state index contributed by atoms with van der Waals surface area (Å²) in [5, 5.41) is 31.7. The van der Waals surface area contributed by atoms with Crippen LogP contribution in [0.15, 0.2) is 67.8 Å². The molecule has 0 aliphatic carbocycles. The van der Waals surface area contributed by atoms with Crippen molar-refractivity contribution in [3.63, 3.8) is 0 Å². The van der Waals surface area contributed by atoms with Gasteiger partial charge in [0.25, 0.3) is 0 Å². The van der Waals surface area contributed by atoms with Gasteiger partial charge in [-0.15, -0.1) is 15.0 Å². The smallest absolute Gasteiger partial charge is 0.202 e. The lowest BCUT2D eigenvalue weighted by Gasteiger charge is -2.34. The molecule has 3 heterocycles. The van der Waals surface area contributed by atoms with Crippen molar-refractivity contribution < 1.29 is 13.9 Å². The van der Waals surface area contributed by atoms with Crippen LogP contribution < -0.4 is 0 Å². The lowest BCUT2D eigenvalue weighted by atomic mass is 9.86. The molecule has 14 heteroatoms. The van der Waals surface area contributed by atoms with Gasteiger partial charge in [-0.3, -0.25) is 4.57 Å². The van der Waals surface area contributed by atoms with Crippen LogP contribution in [0.4, 0.5) is 8.78 Å². The number of tetrazole rings is 1. The highest BCUT2D eigenvalue weighted by molar-refractivity contribution is 7.71. The minimum atomic E-state index is -1.90. The van der Waals surface area contributed by atoms with Crippen LogP contribution in [0, 0.1) is 16.4 Å².